The summed E-state index contributed by atoms with van der Waals surface area (Å²) in [6, 6.07) is 9.91. The number of azo groups is 1. The molecule has 0 bridgehead atoms. The number of hydrazone groups is 1. The second-order valence-corrected chi connectivity index (χ2v) is 8.61. The lowest BCUT2D eigenvalue weighted by Gasteiger charge is -2.22. The highest BCUT2D eigenvalue weighted by atomic mass is 16.4. The van der Waals surface area contributed by atoms with Gasteiger partial charge < -0.3 is 15.5 Å². The zero-order chi connectivity index (χ0) is 24.3. The van der Waals surface area contributed by atoms with Gasteiger partial charge >= 0.3 is 5.97 Å². The van der Waals surface area contributed by atoms with Gasteiger partial charge in [-0.15, -0.1) is 0 Å². The number of aromatic carboxylic acids is 1. The number of carboxylic acid groups (broad SMARTS) is 1. The lowest BCUT2D eigenvalue weighted by Crippen LogP contribution is -2.46. The molecule has 2 aromatic carbocycles. The number of para-hydroxylation sites is 1. The molecule has 3 rings (SSSR count). The largest absolute Gasteiger partial charge is 0.505 e. The van der Waals surface area contributed by atoms with E-state index < -0.39 is 23.5 Å². The molecule has 2 aromatic rings. The van der Waals surface area contributed by atoms with E-state index in [1.807, 2.05) is 20.8 Å². The summed E-state index contributed by atoms with van der Waals surface area (Å²) in [7, 11) is 0. The number of phenolic OH excluding ortho intramolecular Hbond substituents is 1. The second kappa shape index (κ2) is 9.19. The normalized spacial score (nSPS) is 16.2. The molecule has 172 valence electrons. The summed E-state index contributed by atoms with van der Waals surface area (Å²) in [5.41, 5.74) is 0.991. The van der Waals surface area contributed by atoms with Gasteiger partial charge in [-0.3, -0.25) is 9.59 Å². The number of nitrogens with zero attached hydrogens (tertiary/aromatic N) is 4. The Balaban J connectivity index is 1.79. The van der Waals surface area contributed by atoms with Crippen LogP contribution in [0.15, 0.2) is 57.8 Å². The summed E-state index contributed by atoms with van der Waals surface area (Å²) in [6.45, 7) is 6.87. The Morgan fingerprint density at radius 2 is 1.88 bits per heavy atom. The number of hydrogen-bond acceptors (Lipinski definition) is 7. The molecule has 1 unspecified atom stereocenters. The average Bonchev–Trinajstić information content (AvgIpc) is 2.98. The zero-order valence-corrected chi connectivity index (χ0v) is 18.7. The Hall–Kier alpha value is -4.08. The first-order valence-corrected chi connectivity index (χ1v) is 10.2. The van der Waals surface area contributed by atoms with Crippen LogP contribution in [0.2, 0.25) is 0 Å². The van der Waals surface area contributed by atoms with Crippen molar-refractivity contribution in [2.75, 3.05) is 6.54 Å². The fourth-order valence-electron chi connectivity index (χ4n) is 3.24. The van der Waals surface area contributed by atoms with Gasteiger partial charge in [0.05, 0.1) is 11.3 Å². The molecule has 2 amide bonds. The molecule has 0 radical (unpaired) electrons. The summed E-state index contributed by atoms with van der Waals surface area (Å²) in [5, 5.41) is 35.9. The third kappa shape index (κ3) is 5.59. The molecule has 0 saturated carbocycles. The van der Waals surface area contributed by atoms with Crippen molar-refractivity contribution in [1.82, 2.24) is 10.3 Å². The molecule has 0 fully saturated rings. The van der Waals surface area contributed by atoms with E-state index in [9.17, 15) is 24.6 Å². The van der Waals surface area contributed by atoms with Gasteiger partial charge in [0.15, 0.2) is 11.8 Å². The van der Waals surface area contributed by atoms with Gasteiger partial charge in [-0.1, -0.05) is 24.3 Å². The Morgan fingerprint density at radius 1 is 1.18 bits per heavy atom. The van der Waals surface area contributed by atoms with E-state index >= 15 is 0 Å². The molecule has 10 heteroatoms. The summed E-state index contributed by atoms with van der Waals surface area (Å²) in [6.07, 6.45) is 0. The summed E-state index contributed by atoms with van der Waals surface area (Å²) < 4.78 is 0. The zero-order valence-electron chi connectivity index (χ0n) is 18.7. The number of carbonyl (C=O) groups is 3. The Morgan fingerprint density at radius 3 is 2.55 bits per heavy atom. The van der Waals surface area contributed by atoms with Gasteiger partial charge in [0.2, 0.25) is 5.91 Å². The highest BCUT2D eigenvalue weighted by Gasteiger charge is 2.35. The molecule has 10 nitrogen and oxygen atoms in total. The summed E-state index contributed by atoms with van der Waals surface area (Å²) in [5.74, 6) is -2.13. The number of hydrogen-bond donors (Lipinski definition) is 3. The highest BCUT2D eigenvalue weighted by molar-refractivity contribution is 6.11. The molecule has 0 aromatic heterocycles. The van der Waals surface area contributed by atoms with Crippen molar-refractivity contribution < 1.29 is 24.6 Å². The summed E-state index contributed by atoms with van der Waals surface area (Å²) >= 11 is 0. The SMILES string of the molecule is CC1=NN(CC(=O)NC(C)(C)C)C(=O)C1N=Nc1cccc(-c2cccc(C(=O)O)c2)c1O. The van der Waals surface area contributed by atoms with Crippen LogP contribution in [-0.2, 0) is 9.59 Å². The molecular formula is C23H25N5O5. The van der Waals surface area contributed by atoms with E-state index in [2.05, 4.69) is 20.6 Å². The van der Waals surface area contributed by atoms with Gasteiger partial charge in [-0.05, 0) is 51.5 Å². The lowest BCUT2D eigenvalue weighted by molar-refractivity contribution is -0.135. The lowest BCUT2D eigenvalue weighted by atomic mass is 10.0. The molecule has 1 heterocycles. The van der Waals surface area contributed by atoms with Crippen LogP contribution >= 0.6 is 0 Å². The molecule has 3 N–H and O–H groups in total. The molecule has 33 heavy (non-hydrogen) atoms. The third-order valence-electron chi connectivity index (χ3n) is 4.69. The van der Waals surface area contributed by atoms with E-state index in [1.165, 1.54) is 18.2 Å². The molecule has 0 saturated heterocycles. The second-order valence-electron chi connectivity index (χ2n) is 8.61. The van der Waals surface area contributed by atoms with Crippen LogP contribution < -0.4 is 5.32 Å². The number of rotatable bonds is 6. The van der Waals surface area contributed by atoms with Crippen molar-refractivity contribution in [3.63, 3.8) is 0 Å². The fourth-order valence-corrected chi connectivity index (χ4v) is 3.24. The number of aromatic hydroxyl groups is 1. The maximum absolute atomic E-state index is 12.7. The van der Waals surface area contributed by atoms with Crippen LogP contribution in [0.4, 0.5) is 5.69 Å². The first kappa shape index (κ1) is 23.6. The van der Waals surface area contributed by atoms with Crippen LogP contribution in [0, 0.1) is 0 Å². The van der Waals surface area contributed by atoms with E-state index in [-0.39, 0.29) is 29.5 Å². The molecule has 1 atom stereocenters. The number of amides is 2. The van der Waals surface area contributed by atoms with Crippen LogP contribution in [0.5, 0.6) is 5.75 Å². The number of nitrogens with one attached hydrogen (secondary N) is 1. The highest BCUT2D eigenvalue weighted by Crippen LogP contribution is 2.37. The predicted octanol–water partition coefficient (Wildman–Crippen LogP) is 3.34. The van der Waals surface area contributed by atoms with Gasteiger partial charge in [-0.25, -0.2) is 9.80 Å². The van der Waals surface area contributed by atoms with E-state index in [0.29, 0.717) is 16.8 Å². The van der Waals surface area contributed by atoms with Crippen molar-refractivity contribution >= 4 is 29.2 Å². The monoisotopic (exact) mass is 451 g/mol. The van der Waals surface area contributed by atoms with Gasteiger partial charge in [-0.2, -0.15) is 15.3 Å². The van der Waals surface area contributed by atoms with E-state index in [4.69, 9.17) is 0 Å². The Kier molecular flexibility index (Phi) is 6.57. The van der Waals surface area contributed by atoms with Crippen molar-refractivity contribution in [3.8, 4) is 16.9 Å². The topological polar surface area (TPSA) is 144 Å². The Bertz CT molecular complexity index is 1170. The smallest absolute Gasteiger partial charge is 0.335 e. The van der Waals surface area contributed by atoms with E-state index in [1.54, 1.807) is 31.2 Å². The fraction of sp³-hybridized carbons (Fsp3) is 0.304. The number of carboxylic acids is 1. The maximum atomic E-state index is 12.7. The first-order chi connectivity index (χ1) is 15.5. The number of carbonyl (C=O) groups excluding carboxylic acids is 2. The van der Waals surface area contributed by atoms with Crippen LogP contribution in [0.3, 0.4) is 0 Å². The molecule has 0 aliphatic carbocycles. The molecule has 1 aliphatic rings. The number of benzene rings is 2. The predicted molar refractivity (Wildman–Crippen MR) is 122 cm³/mol. The average molecular weight is 451 g/mol. The first-order valence-electron chi connectivity index (χ1n) is 10.2. The van der Waals surface area contributed by atoms with Gasteiger partial charge in [0.25, 0.3) is 5.91 Å². The summed E-state index contributed by atoms with van der Waals surface area (Å²) in [4.78, 5) is 36.1. The van der Waals surface area contributed by atoms with E-state index in [0.717, 1.165) is 5.01 Å². The van der Waals surface area contributed by atoms with Crippen LogP contribution in [0.25, 0.3) is 11.1 Å². The molecular weight excluding hydrogens is 426 g/mol. The van der Waals surface area contributed by atoms with Crippen molar-refractivity contribution in [2.45, 2.75) is 39.3 Å². The third-order valence-corrected chi connectivity index (χ3v) is 4.69. The number of phenols is 1. The molecule has 1 aliphatic heterocycles. The minimum Gasteiger partial charge on any atom is -0.505 e. The van der Waals surface area contributed by atoms with Crippen molar-refractivity contribution in [1.29, 1.82) is 0 Å². The van der Waals surface area contributed by atoms with Crippen molar-refractivity contribution in [3.05, 3.63) is 48.0 Å². The standard InChI is InChI=1S/C23H25N5O5/c1-13-19(21(31)28(27-13)12-18(29)24-23(2,3)4)26-25-17-10-6-9-16(20(17)30)14-7-5-8-15(11-14)22(32)33/h5-11,19,30H,12H2,1-4H3,(H,24,29)(H,32,33). The Labute approximate surface area is 190 Å². The quantitative estimate of drug-likeness (QED) is 0.577. The van der Waals surface area contributed by atoms with Crippen LogP contribution in [-0.4, -0.2) is 56.8 Å². The molecule has 0 spiro atoms. The minimum atomic E-state index is -1.08. The van der Waals surface area contributed by atoms with Gasteiger partial charge in [0.1, 0.15) is 12.2 Å². The van der Waals surface area contributed by atoms with Crippen LogP contribution in [0.1, 0.15) is 38.1 Å². The maximum Gasteiger partial charge on any atom is 0.335 e. The van der Waals surface area contributed by atoms with Crippen molar-refractivity contribution in [2.24, 2.45) is 15.3 Å². The minimum absolute atomic E-state index is 0.0814. The van der Waals surface area contributed by atoms with Gasteiger partial charge in [0, 0.05) is 11.1 Å².